The molecule has 21 heavy (non-hydrogen) atoms. The summed E-state index contributed by atoms with van der Waals surface area (Å²) < 4.78 is 5.14. The monoisotopic (exact) mass is 291 g/mol. The van der Waals surface area contributed by atoms with Crippen LogP contribution in [0.1, 0.15) is 37.7 Å². The number of aliphatic hydroxyl groups excluding tert-OH is 1. The zero-order valence-electron chi connectivity index (χ0n) is 13.1. The third-order valence-electron chi connectivity index (χ3n) is 4.22. The molecule has 4 heteroatoms. The van der Waals surface area contributed by atoms with Crippen molar-refractivity contribution in [2.24, 2.45) is 5.92 Å². The summed E-state index contributed by atoms with van der Waals surface area (Å²) in [5.41, 5.74) is 1.13. The predicted octanol–water partition coefficient (Wildman–Crippen LogP) is 2.42. The highest BCUT2D eigenvalue weighted by molar-refractivity contribution is 5.76. The maximum Gasteiger partial charge on any atom is 0.223 e. The van der Waals surface area contributed by atoms with E-state index in [1.54, 1.807) is 19.1 Å². The van der Waals surface area contributed by atoms with Crippen molar-refractivity contribution in [3.63, 3.8) is 0 Å². The predicted molar refractivity (Wildman–Crippen MR) is 82.4 cm³/mol. The Morgan fingerprint density at radius 2 is 2.00 bits per heavy atom. The minimum atomic E-state index is -0.366. The summed E-state index contributed by atoms with van der Waals surface area (Å²) in [6.45, 7) is 2.49. The van der Waals surface area contributed by atoms with Crippen LogP contribution in [0.25, 0.3) is 0 Å². The van der Waals surface area contributed by atoms with Gasteiger partial charge in [-0.1, -0.05) is 19.1 Å². The van der Waals surface area contributed by atoms with E-state index >= 15 is 0 Å². The first kappa shape index (κ1) is 15.8. The second-order valence-corrected chi connectivity index (χ2v) is 6.06. The summed E-state index contributed by atoms with van der Waals surface area (Å²) in [6.07, 6.45) is 2.27. The Hall–Kier alpha value is -1.55. The van der Waals surface area contributed by atoms with Crippen molar-refractivity contribution < 1.29 is 14.6 Å². The van der Waals surface area contributed by atoms with Crippen molar-refractivity contribution in [2.75, 3.05) is 20.7 Å². The van der Waals surface area contributed by atoms with E-state index in [-0.39, 0.29) is 17.9 Å². The summed E-state index contributed by atoms with van der Waals surface area (Å²) in [5.74, 6) is 1.46. The highest BCUT2D eigenvalue weighted by Crippen LogP contribution is 2.33. The second kappa shape index (κ2) is 6.94. The third kappa shape index (κ3) is 4.46. The molecule has 0 bridgehead atoms. The molecule has 1 aliphatic rings. The van der Waals surface area contributed by atoms with Crippen LogP contribution in [0, 0.1) is 5.92 Å². The average molecular weight is 291 g/mol. The second-order valence-electron chi connectivity index (χ2n) is 6.06. The van der Waals surface area contributed by atoms with E-state index in [4.69, 9.17) is 4.74 Å². The molecule has 0 saturated heterocycles. The molecular weight excluding hydrogens is 266 g/mol. The van der Waals surface area contributed by atoms with E-state index < -0.39 is 0 Å². The molecule has 4 nitrogen and oxygen atoms in total. The van der Waals surface area contributed by atoms with Crippen LogP contribution in [0.5, 0.6) is 5.75 Å². The van der Waals surface area contributed by atoms with Gasteiger partial charge in [0.05, 0.1) is 13.2 Å². The zero-order chi connectivity index (χ0) is 15.4. The van der Waals surface area contributed by atoms with Gasteiger partial charge in [-0.2, -0.15) is 0 Å². The van der Waals surface area contributed by atoms with Crippen molar-refractivity contribution in [1.29, 1.82) is 0 Å². The summed E-state index contributed by atoms with van der Waals surface area (Å²) in [7, 11) is 3.41. The number of hydrogen-bond acceptors (Lipinski definition) is 3. The highest BCUT2D eigenvalue weighted by atomic mass is 16.5. The Bertz CT molecular complexity index is 467. The molecule has 2 atom stereocenters. The molecule has 0 radical (unpaired) electrons. The molecule has 0 aromatic heterocycles. The van der Waals surface area contributed by atoms with Crippen molar-refractivity contribution in [2.45, 2.75) is 38.2 Å². The molecule has 2 rings (SSSR count). The third-order valence-corrected chi connectivity index (χ3v) is 4.22. The molecule has 0 spiro atoms. The van der Waals surface area contributed by atoms with Gasteiger partial charge in [0.2, 0.25) is 5.91 Å². The molecule has 2 unspecified atom stereocenters. The Balaban J connectivity index is 1.84. The molecule has 1 amide bonds. The normalized spacial score (nSPS) is 17.1. The van der Waals surface area contributed by atoms with E-state index in [1.807, 2.05) is 31.2 Å². The lowest BCUT2D eigenvalue weighted by Crippen LogP contribution is -2.35. The van der Waals surface area contributed by atoms with Gasteiger partial charge in [0.1, 0.15) is 5.75 Å². The highest BCUT2D eigenvalue weighted by Gasteiger charge is 2.31. The van der Waals surface area contributed by atoms with Crippen LogP contribution in [0.4, 0.5) is 0 Å². The summed E-state index contributed by atoms with van der Waals surface area (Å²) in [6, 6.07) is 7.82. The number of ether oxygens (including phenoxy) is 1. The summed E-state index contributed by atoms with van der Waals surface area (Å²) in [5, 5.41) is 9.91. The number of benzene rings is 1. The number of amides is 1. The van der Waals surface area contributed by atoms with Crippen LogP contribution in [0.2, 0.25) is 0 Å². The number of hydrogen-bond donors (Lipinski definition) is 1. The molecule has 116 valence electrons. The van der Waals surface area contributed by atoms with Crippen LogP contribution in [-0.4, -0.2) is 42.7 Å². The van der Waals surface area contributed by atoms with Gasteiger partial charge in [0.25, 0.3) is 0 Å². The largest absolute Gasteiger partial charge is 0.497 e. The van der Waals surface area contributed by atoms with Crippen LogP contribution in [0.15, 0.2) is 24.3 Å². The Morgan fingerprint density at radius 3 is 2.52 bits per heavy atom. The van der Waals surface area contributed by atoms with Gasteiger partial charge in [-0.15, -0.1) is 0 Å². The number of methoxy groups -OCH3 is 1. The van der Waals surface area contributed by atoms with E-state index in [0.717, 1.165) is 24.2 Å². The average Bonchev–Trinajstić information content (AvgIpc) is 3.31. The number of rotatable bonds is 7. The molecule has 1 saturated carbocycles. The zero-order valence-corrected chi connectivity index (χ0v) is 13.1. The van der Waals surface area contributed by atoms with E-state index in [2.05, 4.69) is 0 Å². The van der Waals surface area contributed by atoms with Crippen molar-refractivity contribution in [1.82, 2.24) is 4.90 Å². The van der Waals surface area contributed by atoms with Gasteiger partial charge < -0.3 is 14.7 Å². The molecule has 0 heterocycles. The number of likely N-dealkylation sites (N-methyl/N-ethyl adjacent to an activating group) is 1. The number of nitrogens with zero attached hydrogens (tertiary/aromatic N) is 1. The quantitative estimate of drug-likeness (QED) is 0.839. The smallest absolute Gasteiger partial charge is 0.223 e. The minimum Gasteiger partial charge on any atom is -0.497 e. The number of carbonyl (C=O) groups is 1. The van der Waals surface area contributed by atoms with Gasteiger partial charge in [-0.05, 0) is 42.4 Å². The van der Waals surface area contributed by atoms with Crippen LogP contribution in [0.3, 0.4) is 0 Å². The molecule has 1 aliphatic carbocycles. The molecule has 0 aliphatic heterocycles. The van der Waals surface area contributed by atoms with Gasteiger partial charge in [-0.3, -0.25) is 4.79 Å². The fourth-order valence-corrected chi connectivity index (χ4v) is 2.48. The van der Waals surface area contributed by atoms with Gasteiger partial charge >= 0.3 is 0 Å². The van der Waals surface area contributed by atoms with Crippen molar-refractivity contribution in [3.05, 3.63) is 29.8 Å². The molecule has 1 fully saturated rings. The Labute approximate surface area is 126 Å². The molecule has 1 aromatic rings. The lowest BCUT2D eigenvalue weighted by atomic mass is 9.97. The minimum absolute atomic E-state index is 0.0815. The standard InChI is InChI=1S/C17H25NO3/c1-12(13-6-8-15(21-3)9-7-13)10-17(20)18(2)11-16(19)14-4-5-14/h6-9,12,14,16,19H,4-5,10-11H2,1-3H3. The topological polar surface area (TPSA) is 49.8 Å². The fourth-order valence-electron chi connectivity index (χ4n) is 2.48. The molecule has 1 N–H and O–H groups in total. The van der Waals surface area contributed by atoms with Gasteiger partial charge in [0.15, 0.2) is 0 Å². The van der Waals surface area contributed by atoms with Crippen LogP contribution >= 0.6 is 0 Å². The lowest BCUT2D eigenvalue weighted by molar-refractivity contribution is -0.131. The van der Waals surface area contributed by atoms with Crippen molar-refractivity contribution >= 4 is 5.91 Å². The SMILES string of the molecule is COc1ccc(C(C)CC(=O)N(C)CC(O)C2CC2)cc1. The first-order valence-corrected chi connectivity index (χ1v) is 7.57. The Kier molecular flexibility index (Phi) is 5.23. The molecular formula is C17H25NO3. The van der Waals surface area contributed by atoms with Crippen molar-refractivity contribution in [3.8, 4) is 5.75 Å². The van der Waals surface area contributed by atoms with Crippen LogP contribution in [-0.2, 0) is 4.79 Å². The van der Waals surface area contributed by atoms with E-state index in [9.17, 15) is 9.90 Å². The van der Waals surface area contributed by atoms with E-state index in [0.29, 0.717) is 18.9 Å². The molecule has 1 aromatic carbocycles. The number of carbonyl (C=O) groups excluding carboxylic acids is 1. The maximum atomic E-state index is 12.2. The van der Waals surface area contributed by atoms with Crippen LogP contribution < -0.4 is 4.74 Å². The first-order chi connectivity index (χ1) is 10.0. The Morgan fingerprint density at radius 1 is 1.38 bits per heavy atom. The van der Waals surface area contributed by atoms with Gasteiger partial charge in [0, 0.05) is 20.0 Å². The summed E-state index contributed by atoms with van der Waals surface area (Å²) >= 11 is 0. The number of aliphatic hydroxyl groups is 1. The lowest BCUT2D eigenvalue weighted by Gasteiger charge is -2.22. The fraction of sp³-hybridized carbons (Fsp3) is 0.588. The maximum absolute atomic E-state index is 12.2. The van der Waals surface area contributed by atoms with Gasteiger partial charge in [-0.25, -0.2) is 0 Å². The van der Waals surface area contributed by atoms with E-state index in [1.165, 1.54) is 0 Å². The first-order valence-electron chi connectivity index (χ1n) is 7.57. The summed E-state index contributed by atoms with van der Waals surface area (Å²) in [4.78, 5) is 13.9.